The Morgan fingerprint density at radius 3 is 2.74 bits per heavy atom. The first kappa shape index (κ1) is 19.9. The van der Waals surface area contributed by atoms with Crippen molar-refractivity contribution in [3.8, 4) is 11.3 Å². The summed E-state index contributed by atoms with van der Waals surface area (Å²) in [5, 5.41) is 15.5. The van der Waals surface area contributed by atoms with Gasteiger partial charge in [-0.1, -0.05) is 0 Å². The van der Waals surface area contributed by atoms with Crippen LogP contribution in [0.2, 0.25) is 0 Å². The molecular formula is C22H25FN6O2. The summed E-state index contributed by atoms with van der Waals surface area (Å²) in [6, 6.07) is 8.03. The first-order valence-corrected chi connectivity index (χ1v) is 10.7. The van der Waals surface area contributed by atoms with E-state index in [9.17, 15) is 9.18 Å². The number of urea groups is 1. The number of nitrogens with zero attached hydrogens (tertiary/aromatic N) is 4. The number of hydrogen-bond acceptors (Lipinski definition) is 6. The van der Waals surface area contributed by atoms with E-state index in [4.69, 9.17) is 4.42 Å². The van der Waals surface area contributed by atoms with Crippen molar-refractivity contribution < 1.29 is 13.6 Å². The molecule has 0 aliphatic carbocycles. The van der Waals surface area contributed by atoms with E-state index in [-0.39, 0.29) is 30.8 Å². The maximum absolute atomic E-state index is 13.0. The lowest BCUT2D eigenvalue weighted by Crippen LogP contribution is -2.53. The predicted octanol–water partition coefficient (Wildman–Crippen LogP) is 3.68. The average Bonchev–Trinajstić information content (AvgIpc) is 3.32. The van der Waals surface area contributed by atoms with Crippen LogP contribution in [0.25, 0.3) is 22.2 Å². The van der Waals surface area contributed by atoms with Gasteiger partial charge in [0.1, 0.15) is 6.67 Å². The molecule has 1 aromatic carbocycles. The van der Waals surface area contributed by atoms with Crippen molar-refractivity contribution in [1.82, 2.24) is 25.4 Å². The fraction of sp³-hybridized carbons (Fsp3) is 0.455. The highest BCUT2D eigenvalue weighted by Gasteiger charge is 2.43. The number of rotatable bonds is 5. The van der Waals surface area contributed by atoms with Gasteiger partial charge in [0.2, 0.25) is 0 Å². The van der Waals surface area contributed by atoms with E-state index in [0.717, 1.165) is 42.1 Å². The van der Waals surface area contributed by atoms with E-state index in [0.29, 0.717) is 24.0 Å². The number of amides is 2. The highest BCUT2D eigenvalue weighted by Crippen LogP contribution is 2.36. The number of piperidine rings is 1. The molecule has 4 heterocycles. The van der Waals surface area contributed by atoms with Crippen LogP contribution in [0.4, 0.5) is 15.0 Å². The number of aromatic nitrogens is 3. The van der Waals surface area contributed by atoms with Crippen LogP contribution in [0, 0.1) is 6.92 Å². The number of carbonyl (C=O) groups excluding carboxylic acids is 1. The Bertz CT molecular complexity index is 1090. The lowest BCUT2D eigenvalue weighted by molar-refractivity contribution is 0.141. The van der Waals surface area contributed by atoms with Crippen LogP contribution in [0.5, 0.6) is 0 Å². The van der Waals surface area contributed by atoms with Crippen LogP contribution in [0.3, 0.4) is 0 Å². The molecule has 2 aromatic heterocycles. The summed E-state index contributed by atoms with van der Waals surface area (Å²) in [5.74, 6) is 1.71. The van der Waals surface area contributed by atoms with Crippen molar-refractivity contribution in [3.63, 3.8) is 0 Å². The first-order chi connectivity index (χ1) is 15.1. The highest BCUT2D eigenvalue weighted by molar-refractivity contribution is 5.92. The molecule has 5 rings (SSSR count). The molecular weight excluding hydrogens is 399 g/mol. The smallest absolute Gasteiger partial charge is 0.323 e. The lowest BCUT2D eigenvalue weighted by Gasteiger charge is -2.39. The quantitative estimate of drug-likeness (QED) is 0.649. The molecule has 2 amide bonds. The van der Waals surface area contributed by atoms with Gasteiger partial charge in [-0.3, -0.25) is 5.32 Å². The van der Waals surface area contributed by atoms with Gasteiger partial charge in [0.15, 0.2) is 17.5 Å². The number of halogens is 1. The molecule has 0 radical (unpaired) electrons. The molecule has 1 unspecified atom stereocenters. The molecule has 2 bridgehead atoms. The van der Waals surface area contributed by atoms with Crippen molar-refractivity contribution >= 4 is 22.8 Å². The average molecular weight is 424 g/mol. The topological polar surface area (TPSA) is 96.2 Å². The van der Waals surface area contributed by atoms with Gasteiger partial charge < -0.3 is 14.6 Å². The molecule has 8 nitrogen and oxygen atoms in total. The summed E-state index contributed by atoms with van der Waals surface area (Å²) < 4.78 is 18.1. The SMILES string of the molecule is Cc1ncc(-c2ccc3nnc(NC(=O)N4C5CC[C@H]4C[C@@H](NCCF)C5)cc3c2)o1. The van der Waals surface area contributed by atoms with E-state index in [1.54, 1.807) is 13.1 Å². The summed E-state index contributed by atoms with van der Waals surface area (Å²) in [6.07, 6.45) is 5.36. The van der Waals surface area contributed by atoms with Gasteiger partial charge in [-0.15, -0.1) is 10.2 Å². The third-order valence-corrected chi connectivity index (χ3v) is 6.22. The monoisotopic (exact) mass is 424 g/mol. The van der Waals surface area contributed by atoms with Crippen LogP contribution in [0.15, 0.2) is 34.9 Å². The number of carbonyl (C=O) groups is 1. The van der Waals surface area contributed by atoms with Crippen molar-refractivity contribution in [2.24, 2.45) is 0 Å². The molecule has 2 fully saturated rings. The van der Waals surface area contributed by atoms with Gasteiger partial charge in [-0.25, -0.2) is 14.2 Å². The molecule has 162 valence electrons. The third kappa shape index (κ3) is 3.97. The largest absolute Gasteiger partial charge is 0.441 e. The van der Waals surface area contributed by atoms with Crippen LogP contribution < -0.4 is 10.6 Å². The Labute approximate surface area is 179 Å². The number of hydrogen-bond donors (Lipinski definition) is 2. The summed E-state index contributed by atoms with van der Waals surface area (Å²) >= 11 is 0. The Balaban J connectivity index is 1.31. The Kier molecular flexibility index (Phi) is 5.27. The number of benzene rings is 1. The van der Waals surface area contributed by atoms with Gasteiger partial charge in [0.05, 0.1) is 11.7 Å². The van der Waals surface area contributed by atoms with E-state index < -0.39 is 0 Å². The molecule has 9 heteroatoms. The van der Waals surface area contributed by atoms with Crippen LogP contribution in [0.1, 0.15) is 31.6 Å². The molecule has 3 aromatic rings. The van der Waals surface area contributed by atoms with E-state index >= 15 is 0 Å². The minimum Gasteiger partial charge on any atom is -0.441 e. The van der Waals surface area contributed by atoms with Gasteiger partial charge in [-0.05, 0) is 49.9 Å². The van der Waals surface area contributed by atoms with Gasteiger partial charge in [0, 0.05) is 42.5 Å². The first-order valence-electron chi connectivity index (χ1n) is 10.7. The predicted molar refractivity (Wildman–Crippen MR) is 114 cm³/mol. The molecule has 0 saturated carbocycles. The minimum atomic E-state index is -0.367. The molecule has 2 aliphatic heterocycles. The fourth-order valence-electron chi connectivity index (χ4n) is 4.86. The number of anilines is 1. The van der Waals surface area contributed by atoms with E-state index in [1.807, 2.05) is 29.2 Å². The van der Waals surface area contributed by atoms with Gasteiger partial charge >= 0.3 is 6.03 Å². The summed E-state index contributed by atoms with van der Waals surface area (Å²) in [7, 11) is 0. The Hall–Kier alpha value is -3.07. The van der Waals surface area contributed by atoms with Crippen LogP contribution in [-0.4, -0.2) is 57.5 Å². The molecule has 31 heavy (non-hydrogen) atoms. The second kappa shape index (κ2) is 8.22. The zero-order valence-electron chi connectivity index (χ0n) is 17.3. The van der Waals surface area contributed by atoms with Crippen molar-refractivity contribution in [2.45, 2.75) is 50.7 Å². The van der Waals surface area contributed by atoms with Gasteiger partial charge in [-0.2, -0.15) is 0 Å². The fourth-order valence-corrected chi connectivity index (χ4v) is 4.86. The second-order valence-electron chi connectivity index (χ2n) is 8.28. The Morgan fingerprint density at radius 1 is 1.23 bits per heavy atom. The number of oxazole rings is 1. The minimum absolute atomic E-state index is 0.146. The maximum atomic E-state index is 13.0. The molecule has 2 saturated heterocycles. The number of aryl methyl sites for hydroxylation is 1. The van der Waals surface area contributed by atoms with Crippen LogP contribution >= 0.6 is 0 Å². The summed E-state index contributed by atoms with van der Waals surface area (Å²) in [6.45, 7) is 1.81. The van der Waals surface area contributed by atoms with Crippen molar-refractivity contribution in [2.75, 3.05) is 18.5 Å². The third-order valence-electron chi connectivity index (χ3n) is 6.22. The number of nitrogens with one attached hydrogen (secondary N) is 2. The van der Waals surface area contributed by atoms with Gasteiger partial charge in [0.25, 0.3) is 0 Å². The van der Waals surface area contributed by atoms with E-state index in [1.165, 1.54) is 0 Å². The molecule has 3 atom stereocenters. The van der Waals surface area contributed by atoms with E-state index in [2.05, 4.69) is 25.8 Å². The Morgan fingerprint density at radius 2 is 2.03 bits per heavy atom. The standard InChI is InChI=1S/C22H25FN6O2/c1-13-25-12-20(31-13)14-2-5-19-15(8-14)9-21(28-27-19)26-22(30)29-17-3-4-18(29)11-16(10-17)24-7-6-23/h2,5,8-9,12,16-18,24H,3-4,6-7,10-11H2,1H3,(H,26,28,30)/t16-,17+,18?/m1/s1. The summed E-state index contributed by atoms with van der Waals surface area (Å²) in [5.41, 5.74) is 1.62. The summed E-state index contributed by atoms with van der Waals surface area (Å²) in [4.78, 5) is 19.1. The number of fused-ring (bicyclic) bond motifs is 3. The number of alkyl halides is 1. The lowest BCUT2D eigenvalue weighted by atomic mass is 9.97. The second-order valence-corrected chi connectivity index (χ2v) is 8.28. The zero-order chi connectivity index (χ0) is 21.4. The van der Waals surface area contributed by atoms with Crippen molar-refractivity contribution in [3.05, 3.63) is 36.4 Å². The van der Waals surface area contributed by atoms with Crippen LogP contribution in [-0.2, 0) is 0 Å². The van der Waals surface area contributed by atoms with Crippen molar-refractivity contribution in [1.29, 1.82) is 0 Å². The highest BCUT2D eigenvalue weighted by atomic mass is 19.1. The zero-order valence-corrected chi connectivity index (χ0v) is 17.3. The molecule has 2 N–H and O–H groups in total. The maximum Gasteiger partial charge on any atom is 0.323 e. The molecule has 2 aliphatic rings. The molecule has 0 spiro atoms. The normalized spacial score (nSPS) is 22.8.